The molecular weight excluding hydrogens is 302 g/mol. The number of nitrogens with zero attached hydrogens (tertiary/aromatic N) is 1. The standard InChI is InChI=1S/C20H25NO3/c1-5-17-8-6-7-9-19(17)24-15(2)20(22)21(3)14-16-10-12-18(23-4)13-11-16/h6-13,15H,5,14H2,1-4H3/t15-/m1/s1. The first-order valence-electron chi connectivity index (χ1n) is 8.17. The molecule has 0 aromatic heterocycles. The van der Waals surface area contributed by atoms with E-state index in [-0.39, 0.29) is 5.91 Å². The van der Waals surface area contributed by atoms with Crippen LogP contribution in [0.5, 0.6) is 11.5 Å². The zero-order valence-electron chi connectivity index (χ0n) is 14.8. The number of rotatable bonds is 7. The Bertz CT molecular complexity index is 667. The van der Waals surface area contributed by atoms with Gasteiger partial charge in [0, 0.05) is 13.6 Å². The van der Waals surface area contributed by atoms with Crippen LogP contribution in [0.25, 0.3) is 0 Å². The minimum atomic E-state index is -0.527. The predicted molar refractivity (Wildman–Crippen MR) is 95.4 cm³/mol. The molecule has 0 bridgehead atoms. The normalized spacial score (nSPS) is 11.7. The summed E-state index contributed by atoms with van der Waals surface area (Å²) in [4.78, 5) is 14.2. The summed E-state index contributed by atoms with van der Waals surface area (Å²) in [5.74, 6) is 1.54. The highest BCUT2D eigenvalue weighted by molar-refractivity contribution is 5.80. The number of hydrogen-bond acceptors (Lipinski definition) is 3. The third-order valence-corrected chi connectivity index (χ3v) is 3.96. The van der Waals surface area contributed by atoms with E-state index >= 15 is 0 Å². The van der Waals surface area contributed by atoms with Crippen LogP contribution in [0, 0.1) is 0 Å². The topological polar surface area (TPSA) is 38.8 Å². The molecule has 1 atom stereocenters. The summed E-state index contributed by atoms with van der Waals surface area (Å²) in [6.07, 6.45) is 0.347. The largest absolute Gasteiger partial charge is 0.497 e. The lowest BCUT2D eigenvalue weighted by Gasteiger charge is -2.23. The fourth-order valence-corrected chi connectivity index (χ4v) is 2.54. The zero-order valence-corrected chi connectivity index (χ0v) is 14.8. The Morgan fingerprint density at radius 3 is 2.42 bits per heavy atom. The van der Waals surface area contributed by atoms with Crippen LogP contribution in [0.4, 0.5) is 0 Å². The molecule has 4 heteroatoms. The number of ether oxygens (including phenoxy) is 2. The van der Waals surface area contributed by atoms with Crippen LogP contribution in [0.3, 0.4) is 0 Å². The number of aryl methyl sites for hydroxylation is 1. The Labute approximate surface area is 144 Å². The number of carbonyl (C=O) groups excluding carboxylic acids is 1. The molecule has 2 aromatic carbocycles. The van der Waals surface area contributed by atoms with Gasteiger partial charge < -0.3 is 14.4 Å². The van der Waals surface area contributed by atoms with Gasteiger partial charge >= 0.3 is 0 Å². The fourth-order valence-electron chi connectivity index (χ4n) is 2.54. The molecule has 0 aliphatic carbocycles. The lowest BCUT2D eigenvalue weighted by molar-refractivity contribution is -0.137. The van der Waals surface area contributed by atoms with Crippen molar-refractivity contribution in [3.63, 3.8) is 0 Å². The maximum Gasteiger partial charge on any atom is 0.263 e. The molecule has 0 N–H and O–H groups in total. The quantitative estimate of drug-likeness (QED) is 0.778. The van der Waals surface area contributed by atoms with Gasteiger partial charge in [-0.15, -0.1) is 0 Å². The van der Waals surface area contributed by atoms with E-state index in [0.717, 1.165) is 29.0 Å². The molecule has 0 saturated carbocycles. The Morgan fingerprint density at radius 2 is 1.79 bits per heavy atom. The van der Waals surface area contributed by atoms with E-state index in [2.05, 4.69) is 6.92 Å². The van der Waals surface area contributed by atoms with Crippen LogP contribution < -0.4 is 9.47 Å². The van der Waals surface area contributed by atoms with E-state index in [1.165, 1.54) is 0 Å². The maximum atomic E-state index is 12.6. The van der Waals surface area contributed by atoms with Gasteiger partial charge in [-0.05, 0) is 42.7 Å². The highest BCUT2D eigenvalue weighted by Gasteiger charge is 2.20. The highest BCUT2D eigenvalue weighted by atomic mass is 16.5. The Morgan fingerprint density at radius 1 is 1.12 bits per heavy atom. The van der Waals surface area contributed by atoms with Crippen molar-refractivity contribution in [2.24, 2.45) is 0 Å². The summed E-state index contributed by atoms with van der Waals surface area (Å²) in [5.41, 5.74) is 2.16. The van der Waals surface area contributed by atoms with Gasteiger partial charge in [0.2, 0.25) is 0 Å². The highest BCUT2D eigenvalue weighted by Crippen LogP contribution is 2.20. The molecule has 0 aliphatic rings. The van der Waals surface area contributed by atoms with Crippen molar-refractivity contribution in [1.82, 2.24) is 4.90 Å². The van der Waals surface area contributed by atoms with E-state index in [0.29, 0.717) is 6.54 Å². The van der Waals surface area contributed by atoms with Crippen molar-refractivity contribution in [2.45, 2.75) is 32.9 Å². The molecule has 4 nitrogen and oxygen atoms in total. The average molecular weight is 327 g/mol. The smallest absolute Gasteiger partial charge is 0.263 e. The van der Waals surface area contributed by atoms with E-state index < -0.39 is 6.10 Å². The number of carbonyl (C=O) groups is 1. The molecule has 1 amide bonds. The Kier molecular flexibility index (Phi) is 6.24. The van der Waals surface area contributed by atoms with Crippen molar-refractivity contribution >= 4 is 5.91 Å². The minimum Gasteiger partial charge on any atom is -0.497 e. The first kappa shape index (κ1) is 17.9. The van der Waals surface area contributed by atoms with Gasteiger partial charge in [0.1, 0.15) is 11.5 Å². The Balaban J connectivity index is 1.98. The molecular formula is C20H25NO3. The SMILES string of the molecule is CCc1ccccc1O[C@H](C)C(=O)N(C)Cc1ccc(OC)cc1. The fraction of sp³-hybridized carbons (Fsp3) is 0.350. The second kappa shape index (κ2) is 8.39. The second-order valence-electron chi connectivity index (χ2n) is 5.76. The zero-order chi connectivity index (χ0) is 17.5. The van der Waals surface area contributed by atoms with Crippen LogP contribution in [-0.4, -0.2) is 31.1 Å². The third-order valence-electron chi connectivity index (χ3n) is 3.96. The molecule has 0 unspecified atom stereocenters. The second-order valence-corrected chi connectivity index (χ2v) is 5.76. The Hall–Kier alpha value is -2.49. The van der Waals surface area contributed by atoms with Crippen molar-refractivity contribution in [3.05, 3.63) is 59.7 Å². The number of likely N-dealkylation sites (N-methyl/N-ethyl adjacent to an activating group) is 1. The maximum absolute atomic E-state index is 12.6. The lowest BCUT2D eigenvalue weighted by Crippen LogP contribution is -2.37. The van der Waals surface area contributed by atoms with Crippen LogP contribution in [0.1, 0.15) is 25.0 Å². The van der Waals surface area contributed by atoms with Crippen LogP contribution >= 0.6 is 0 Å². The molecule has 0 saturated heterocycles. The van der Waals surface area contributed by atoms with E-state index in [1.54, 1.807) is 26.0 Å². The number of methoxy groups -OCH3 is 1. The third kappa shape index (κ3) is 4.51. The molecule has 24 heavy (non-hydrogen) atoms. The van der Waals surface area contributed by atoms with Crippen molar-refractivity contribution < 1.29 is 14.3 Å². The molecule has 128 valence electrons. The van der Waals surface area contributed by atoms with Crippen molar-refractivity contribution in [1.29, 1.82) is 0 Å². The van der Waals surface area contributed by atoms with E-state index in [1.807, 2.05) is 48.5 Å². The van der Waals surface area contributed by atoms with Crippen LogP contribution in [0.15, 0.2) is 48.5 Å². The summed E-state index contributed by atoms with van der Waals surface area (Å²) in [6, 6.07) is 15.5. The summed E-state index contributed by atoms with van der Waals surface area (Å²) >= 11 is 0. The van der Waals surface area contributed by atoms with Crippen LogP contribution in [0.2, 0.25) is 0 Å². The molecule has 0 fully saturated rings. The number of para-hydroxylation sites is 1. The summed E-state index contributed by atoms with van der Waals surface area (Å²) in [6.45, 7) is 4.40. The number of benzene rings is 2. The molecule has 2 rings (SSSR count). The molecule has 2 aromatic rings. The monoisotopic (exact) mass is 327 g/mol. The van der Waals surface area contributed by atoms with Gasteiger partial charge in [-0.1, -0.05) is 37.3 Å². The van der Waals surface area contributed by atoms with Gasteiger partial charge in [0.25, 0.3) is 5.91 Å². The van der Waals surface area contributed by atoms with Gasteiger partial charge in [-0.2, -0.15) is 0 Å². The predicted octanol–water partition coefficient (Wildman–Crippen LogP) is 3.68. The van der Waals surface area contributed by atoms with E-state index in [4.69, 9.17) is 9.47 Å². The van der Waals surface area contributed by atoms with E-state index in [9.17, 15) is 4.79 Å². The summed E-state index contributed by atoms with van der Waals surface area (Å²) in [7, 11) is 3.43. The molecule has 0 radical (unpaired) electrons. The van der Waals surface area contributed by atoms with Gasteiger partial charge in [0.05, 0.1) is 7.11 Å². The summed E-state index contributed by atoms with van der Waals surface area (Å²) < 4.78 is 11.0. The number of amides is 1. The van der Waals surface area contributed by atoms with Crippen molar-refractivity contribution in [3.8, 4) is 11.5 Å². The molecule has 0 spiro atoms. The molecule has 0 heterocycles. The minimum absolute atomic E-state index is 0.0447. The summed E-state index contributed by atoms with van der Waals surface area (Å²) in [5, 5.41) is 0. The van der Waals surface area contributed by atoms with Gasteiger partial charge in [0.15, 0.2) is 6.10 Å². The van der Waals surface area contributed by atoms with Crippen LogP contribution in [-0.2, 0) is 17.8 Å². The number of hydrogen-bond donors (Lipinski definition) is 0. The lowest BCUT2D eigenvalue weighted by atomic mass is 10.1. The first-order chi connectivity index (χ1) is 11.5. The first-order valence-corrected chi connectivity index (χ1v) is 8.17. The molecule has 0 aliphatic heterocycles. The average Bonchev–Trinajstić information content (AvgIpc) is 2.62. The van der Waals surface area contributed by atoms with Gasteiger partial charge in [-0.25, -0.2) is 0 Å². The van der Waals surface area contributed by atoms with Gasteiger partial charge in [-0.3, -0.25) is 4.79 Å². The van der Waals surface area contributed by atoms with Crippen molar-refractivity contribution in [2.75, 3.05) is 14.2 Å².